The maximum atomic E-state index is 11.5. The number of hydrogen-bond donors (Lipinski definition) is 5. The summed E-state index contributed by atoms with van der Waals surface area (Å²) in [5, 5.41) is 20.4. The molecule has 27 heavy (non-hydrogen) atoms. The fourth-order valence-corrected chi connectivity index (χ4v) is 3.17. The van der Waals surface area contributed by atoms with Crippen molar-refractivity contribution in [2.75, 3.05) is 12.4 Å². The Labute approximate surface area is 157 Å². The summed E-state index contributed by atoms with van der Waals surface area (Å²) in [6.45, 7) is 1.99. The van der Waals surface area contributed by atoms with Gasteiger partial charge in [0.25, 0.3) is 0 Å². The van der Waals surface area contributed by atoms with Gasteiger partial charge in [-0.1, -0.05) is 6.07 Å². The molecular formula is C17H21N7O2S. The highest BCUT2D eigenvalue weighted by atomic mass is 32.2. The first-order valence-corrected chi connectivity index (χ1v) is 9.82. The van der Waals surface area contributed by atoms with Gasteiger partial charge in [0.15, 0.2) is 0 Å². The van der Waals surface area contributed by atoms with Crippen molar-refractivity contribution in [3.05, 3.63) is 42.2 Å². The zero-order valence-electron chi connectivity index (χ0n) is 14.9. The highest BCUT2D eigenvalue weighted by Crippen LogP contribution is 2.22. The van der Waals surface area contributed by atoms with Crippen molar-refractivity contribution in [3.8, 4) is 0 Å². The summed E-state index contributed by atoms with van der Waals surface area (Å²) >= 11 is 0. The quantitative estimate of drug-likeness (QED) is 0.390. The maximum Gasteiger partial charge on any atom is 0.238 e. The highest BCUT2D eigenvalue weighted by molar-refractivity contribution is 7.89. The Bertz CT molecular complexity index is 1090. The summed E-state index contributed by atoms with van der Waals surface area (Å²) in [5.74, 6) is 0.258. The number of hydrogen-bond acceptors (Lipinski definition) is 7. The first-order chi connectivity index (χ1) is 12.8. The molecule has 9 nitrogen and oxygen atoms in total. The van der Waals surface area contributed by atoms with E-state index in [2.05, 4.69) is 25.6 Å². The molecule has 0 aliphatic heterocycles. The van der Waals surface area contributed by atoms with E-state index in [1.54, 1.807) is 18.3 Å². The molecule has 2 aromatic heterocycles. The number of aromatic amines is 1. The molecule has 0 radical (unpaired) electrons. The molecule has 3 aromatic rings. The number of sulfonamides is 1. The van der Waals surface area contributed by atoms with Gasteiger partial charge in [0.1, 0.15) is 5.65 Å². The fraction of sp³-hybridized carbons (Fsp3) is 0.235. The Kier molecular flexibility index (Phi) is 5.22. The van der Waals surface area contributed by atoms with Crippen LogP contribution in [0.1, 0.15) is 19.0 Å². The van der Waals surface area contributed by atoms with Crippen LogP contribution in [-0.4, -0.2) is 42.2 Å². The van der Waals surface area contributed by atoms with Crippen LogP contribution >= 0.6 is 0 Å². The second-order valence-electron chi connectivity index (χ2n) is 6.21. The van der Waals surface area contributed by atoms with Crippen molar-refractivity contribution in [2.45, 2.75) is 24.3 Å². The molecule has 0 spiro atoms. The van der Waals surface area contributed by atoms with Crippen LogP contribution in [0.4, 0.5) is 11.6 Å². The van der Waals surface area contributed by atoms with E-state index in [-0.39, 0.29) is 16.9 Å². The number of fused-ring (bicyclic) bond motifs is 1. The van der Waals surface area contributed by atoms with Gasteiger partial charge in [-0.25, -0.2) is 18.5 Å². The lowest BCUT2D eigenvalue weighted by Gasteiger charge is -2.13. The lowest BCUT2D eigenvalue weighted by molar-refractivity contribution is 0.598. The molecular weight excluding hydrogens is 366 g/mol. The van der Waals surface area contributed by atoms with Gasteiger partial charge in [0.2, 0.25) is 16.0 Å². The third-order valence-corrected chi connectivity index (χ3v) is 5.03. The molecule has 1 atom stereocenters. The minimum Gasteiger partial charge on any atom is -0.346 e. The second-order valence-corrected chi connectivity index (χ2v) is 7.77. The summed E-state index contributed by atoms with van der Waals surface area (Å²) in [6, 6.07) is 8.04. The lowest BCUT2D eigenvalue weighted by Crippen LogP contribution is -2.25. The predicted octanol–water partition coefficient (Wildman–Crippen LogP) is 1.71. The largest absolute Gasteiger partial charge is 0.346 e. The van der Waals surface area contributed by atoms with E-state index in [1.165, 1.54) is 12.1 Å². The van der Waals surface area contributed by atoms with Gasteiger partial charge in [-0.3, -0.25) is 0 Å². The summed E-state index contributed by atoms with van der Waals surface area (Å²) < 4.78 is 23.1. The first kappa shape index (κ1) is 19.0. The number of nitrogens with zero attached hydrogens (tertiary/aromatic N) is 2. The first-order valence-electron chi connectivity index (χ1n) is 8.28. The fourth-order valence-electron chi connectivity index (χ4n) is 2.61. The standard InChI is InChI=1S/C17H21N7O2S/c1-10(20-2)8-14(18)15-13-6-7-21-16(13)24-17(23-15)22-11-4-3-5-12(9-11)27(19,25)26/h3-7,9-10,18,20H,8H2,1-2H3,(H2,19,25,26)(H2,21,22,23,24)/t10-/m1/s1. The van der Waals surface area contributed by atoms with Crippen LogP contribution in [0, 0.1) is 5.41 Å². The number of rotatable bonds is 7. The number of benzene rings is 1. The molecule has 0 amide bonds. The molecule has 1 aromatic carbocycles. The zero-order valence-corrected chi connectivity index (χ0v) is 15.8. The zero-order chi connectivity index (χ0) is 19.6. The summed E-state index contributed by atoms with van der Waals surface area (Å²) in [6.07, 6.45) is 2.25. The van der Waals surface area contributed by atoms with Crippen molar-refractivity contribution in [1.29, 1.82) is 5.41 Å². The summed E-state index contributed by atoms with van der Waals surface area (Å²) in [4.78, 5) is 11.9. The Morgan fingerprint density at radius 2 is 2.11 bits per heavy atom. The van der Waals surface area contributed by atoms with Crippen LogP contribution < -0.4 is 15.8 Å². The number of anilines is 2. The molecule has 2 heterocycles. The molecule has 6 N–H and O–H groups in total. The Morgan fingerprint density at radius 3 is 2.81 bits per heavy atom. The van der Waals surface area contributed by atoms with Crippen molar-refractivity contribution < 1.29 is 8.42 Å². The van der Waals surface area contributed by atoms with Crippen LogP contribution in [0.5, 0.6) is 0 Å². The Balaban J connectivity index is 1.97. The van der Waals surface area contributed by atoms with Crippen LogP contribution in [0.15, 0.2) is 41.4 Å². The Hall–Kier alpha value is -2.82. The van der Waals surface area contributed by atoms with E-state index in [1.807, 2.05) is 20.0 Å². The third kappa shape index (κ3) is 4.30. The molecule has 0 saturated carbocycles. The van der Waals surface area contributed by atoms with E-state index in [0.717, 1.165) is 5.39 Å². The number of nitrogens with two attached hydrogens (primary N) is 1. The van der Waals surface area contributed by atoms with Crippen LogP contribution in [0.2, 0.25) is 0 Å². The molecule has 0 bridgehead atoms. The van der Waals surface area contributed by atoms with Gasteiger partial charge in [-0.2, -0.15) is 4.98 Å². The van der Waals surface area contributed by atoms with E-state index in [9.17, 15) is 8.42 Å². The van der Waals surface area contributed by atoms with Gasteiger partial charge >= 0.3 is 0 Å². The molecule has 0 aliphatic rings. The van der Waals surface area contributed by atoms with E-state index in [0.29, 0.717) is 29.2 Å². The molecule has 0 unspecified atom stereocenters. The molecule has 142 valence electrons. The van der Waals surface area contributed by atoms with Gasteiger partial charge in [0.05, 0.1) is 16.3 Å². The Morgan fingerprint density at radius 1 is 1.33 bits per heavy atom. The van der Waals surface area contributed by atoms with Crippen molar-refractivity contribution in [1.82, 2.24) is 20.3 Å². The smallest absolute Gasteiger partial charge is 0.238 e. The minimum atomic E-state index is -3.81. The molecule has 0 fully saturated rings. The van der Waals surface area contributed by atoms with Crippen molar-refractivity contribution in [3.63, 3.8) is 0 Å². The van der Waals surface area contributed by atoms with Gasteiger partial charge in [-0.05, 0) is 38.2 Å². The van der Waals surface area contributed by atoms with Crippen LogP contribution in [0.25, 0.3) is 11.0 Å². The lowest BCUT2D eigenvalue weighted by atomic mass is 10.1. The maximum absolute atomic E-state index is 11.5. The molecule has 10 heteroatoms. The summed E-state index contributed by atoms with van der Waals surface area (Å²) in [5.41, 5.74) is 1.97. The van der Waals surface area contributed by atoms with E-state index in [4.69, 9.17) is 10.5 Å². The number of H-pyrrole nitrogens is 1. The topological polar surface area (TPSA) is 150 Å². The van der Waals surface area contributed by atoms with Gasteiger partial charge < -0.3 is 21.0 Å². The molecule has 0 saturated heterocycles. The van der Waals surface area contributed by atoms with Crippen LogP contribution in [0.3, 0.4) is 0 Å². The number of primary sulfonamides is 1. The van der Waals surface area contributed by atoms with E-state index >= 15 is 0 Å². The minimum absolute atomic E-state index is 0.00994. The number of aromatic nitrogens is 3. The molecule has 3 rings (SSSR count). The number of nitrogens with one attached hydrogen (secondary N) is 4. The van der Waals surface area contributed by atoms with Gasteiger partial charge in [0, 0.05) is 29.7 Å². The second kappa shape index (κ2) is 7.43. The van der Waals surface area contributed by atoms with Crippen LogP contribution in [-0.2, 0) is 10.0 Å². The monoisotopic (exact) mass is 387 g/mol. The summed E-state index contributed by atoms with van der Waals surface area (Å²) in [7, 11) is -1.97. The van der Waals surface area contributed by atoms with Crippen molar-refractivity contribution in [2.24, 2.45) is 5.14 Å². The average Bonchev–Trinajstić information content (AvgIpc) is 3.08. The SMILES string of the molecule is CN[C@H](C)CC(=N)c1nc(Nc2cccc(S(N)(=O)=O)c2)nc2[nH]ccc12. The molecule has 0 aliphatic carbocycles. The highest BCUT2D eigenvalue weighted by Gasteiger charge is 2.15. The third-order valence-electron chi connectivity index (χ3n) is 4.12. The van der Waals surface area contributed by atoms with E-state index < -0.39 is 10.0 Å². The van der Waals surface area contributed by atoms with Crippen molar-refractivity contribution >= 4 is 38.4 Å². The normalized spacial score (nSPS) is 12.9. The van der Waals surface area contributed by atoms with Gasteiger partial charge in [-0.15, -0.1) is 0 Å². The average molecular weight is 387 g/mol. The predicted molar refractivity (Wildman–Crippen MR) is 105 cm³/mol.